The molecule has 2 rings (SSSR count). The predicted molar refractivity (Wildman–Crippen MR) is 61.1 cm³/mol. The smallest absolute Gasteiger partial charge is 0.418 e. The summed E-state index contributed by atoms with van der Waals surface area (Å²) in [5.41, 5.74) is -1.62. The van der Waals surface area contributed by atoms with Crippen molar-refractivity contribution in [2.45, 2.75) is 6.18 Å². The van der Waals surface area contributed by atoms with Crippen molar-refractivity contribution in [1.29, 1.82) is 0 Å². The van der Waals surface area contributed by atoms with E-state index in [2.05, 4.69) is 4.98 Å². The SMILES string of the molecule is O=Cc1ccc(Oc2cncc(C(F)(F)F)c2)c(F)c1F. The standard InChI is InChI=1S/C13H6F5NO2/c14-11-7(6-20)1-2-10(12(11)15)21-9-3-8(4-19-5-9)13(16,17)18/h1-6H. The molecule has 21 heavy (non-hydrogen) atoms. The van der Waals surface area contributed by atoms with E-state index >= 15 is 0 Å². The maximum atomic E-state index is 13.6. The Morgan fingerprint density at radius 1 is 1.10 bits per heavy atom. The van der Waals surface area contributed by atoms with Gasteiger partial charge in [0.15, 0.2) is 17.9 Å². The van der Waals surface area contributed by atoms with E-state index in [-0.39, 0.29) is 6.29 Å². The van der Waals surface area contributed by atoms with Crippen LogP contribution in [0.4, 0.5) is 22.0 Å². The summed E-state index contributed by atoms with van der Waals surface area (Å²) in [5, 5.41) is 0. The molecular weight excluding hydrogens is 297 g/mol. The van der Waals surface area contributed by atoms with Crippen LogP contribution in [0.15, 0.2) is 30.6 Å². The lowest BCUT2D eigenvalue weighted by Gasteiger charge is -2.10. The topological polar surface area (TPSA) is 39.2 Å². The average molecular weight is 303 g/mol. The Morgan fingerprint density at radius 2 is 1.81 bits per heavy atom. The molecule has 0 bridgehead atoms. The number of ether oxygens (including phenoxy) is 1. The van der Waals surface area contributed by atoms with Crippen LogP contribution in [0, 0.1) is 11.6 Å². The van der Waals surface area contributed by atoms with Crippen molar-refractivity contribution in [3.05, 3.63) is 53.4 Å². The number of carbonyl (C=O) groups is 1. The molecule has 8 heteroatoms. The second kappa shape index (κ2) is 5.47. The van der Waals surface area contributed by atoms with Gasteiger partial charge in [-0.2, -0.15) is 17.6 Å². The third-order valence-corrected chi connectivity index (χ3v) is 2.47. The fourth-order valence-electron chi connectivity index (χ4n) is 1.47. The van der Waals surface area contributed by atoms with Gasteiger partial charge in [0.05, 0.1) is 17.3 Å². The summed E-state index contributed by atoms with van der Waals surface area (Å²) in [6, 6.07) is 2.47. The lowest BCUT2D eigenvalue weighted by atomic mass is 10.2. The Balaban J connectivity index is 2.35. The van der Waals surface area contributed by atoms with Crippen LogP contribution < -0.4 is 4.74 Å². The molecule has 1 aromatic carbocycles. The lowest BCUT2D eigenvalue weighted by Crippen LogP contribution is -2.05. The second-order valence-electron chi connectivity index (χ2n) is 3.91. The number of aldehydes is 1. The molecule has 0 atom stereocenters. The zero-order chi connectivity index (χ0) is 15.6. The molecule has 0 aliphatic carbocycles. The largest absolute Gasteiger partial charge is 0.453 e. The predicted octanol–water partition coefficient (Wildman–Crippen LogP) is 3.98. The number of rotatable bonds is 3. The fourth-order valence-corrected chi connectivity index (χ4v) is 1.47. The van der Waals surface area contributed by atoms with Crippen molar-refractivity contribution < 1.29 is 31.5 Å². The molecule has 1 aromatic heterocycles. The van der Waals surface area contributed by atoms with Crippen LogP contribution in [0.3, 0.4) is 0 Å². The summed E-state index contributed by atoms with van der Waals surface area (Å²) in [6.45, 7) is 0. The molecule has 3 nitrogen and oxygen atoms in total. The van der Waals surface area contributed by atoms with Gasteiger partial charge in [-0.1, -0.05) is 0 Å². The minimum absolute atomic E-state index is 0.105. The first kappa shape index (κ1) is 14.9. The molecule has 0 saturated heterocycles. The summed E-state index contributed by atoms with van der Waals surface area (Å²) in [4.78, 5) is 13.7. The number of aromatic nitrogens is 1. The Morgan fingerprint density at radius 3 is 2.43 bits per heavy atom. The first-order chi connectivity index (χ1) is 9.82. The fraction of sp³-hybridized carbons (Fsp3) is 0.0769. The van der Waals surface area contributed by atoms with E-state index in [1.807, 2.05) is 0 Å². The minimum atomic E-state index is -4.64. The molecule has 0 aliphatic rings. The summed E-state index contributed by atoms with van der Waals surface area (Å²) in [6.07, 6.45) is -3.05. The molecule has 0 N–H and O–H groups in total. The second-order valence-corrected chi connectivity index (χ2v) is 3.91. The third kappa shape index (κ3) is 3.15. The highest BCUT2D eigenvalue weighted by atomic mass is 19.4. The molecule has 0 aliphatic heterocycles. The minimum Gasteiger partial charge on any atom is -0.453 e. The zero-order valence-electron chi connectivity index (χ0n) is 10.1. The van der Waals surface area contributed by atoms with Crippen LogP contribution in [-0.4, -0.2) is 11.3 Å². The quantitative estimate of drug-likeness (QED) is 0.636. The van der Waals surface area contributed by atoms with Gasteiger partial charge in [0.25, 0.3) is 0 Å². The average Bonchev–Trinajstić information content (AvgIpc) is 2.44. The molecule has 1 heterocycles. The van der Waals surface area contributed by atoms with Gasteiger partial charge >= 0.3 is 6.18 Å². The van der Waals surface area contributed by atoms with Gasteiger partial charge in [0.1, 0.15) is 5.75 Å². The molecule has 0 saturated carbocycles. The lowest BCUT2D eigenvalue weighted by molar-refractivity contribution is -0.137. The number of pyridine rings is 1. The Kier molecular flexibility index (Phi) is 3.88. The van der Waals surface area contributed by atoms with Crippen LogP contribution in [0.1, 0.15) is 15.9 Å². The number of benzene rings is 1. The molecule has 0 spiro atoms. The van der Waals surface area contributed by atoms with Gasteiger partial charge in [0.2, 0.25) is 5.82 Å². The van der Waals surface area contributed by atoms with E-state index in [9.17, 15) is 26.7 Å². The molecule has 2 aromatic rings. The van der Waals surface area contributed by atoms with Gasteiger partial charge in [-0.15, -0.1) is 0 Å². The molecule has 110 valence electrons. The molecule has 0 amide bonds. The van der Waals surface area contributed by atoms with Gasteiger partial charge < -0.3 is 4.74 Å². The Bertz CT molecular complexity index is 685. The van der Waals surface area contributed by atoms with E-state index in [4.69, 9.17) is 4.74 Å². The number of hydrogen-bond acceptors (Lipinski definition) is 3. The molecular formula is C13H6F5NO2. The third-order valence-electron chi connectivity index (χ3n) is 2.47. The highest BCUT2D eigenvalue weighted by Gasteiger charge is 2.31. The summed E-state index contributed by atoms with van der Waals surface area (Å²) >= 11 is 0. The van der Waals surface area contributed by atoms with Crippen LogP contribution in [0.25, 0.3) is 0 Å². The number of halogens is 5. The van der Waals surface area contributed by atoms with E-state index in [1.165, 1.54) is 0 Å². The van der Waals surface area contributed by atoms with E-state index < -0.39 is 40.4 Å². The maximum Gasteiger partial charge on any atom is 0.418 e. The van der Waals surface area contributed by atoms with E-state index in [0.29, 0.717) is 12.3 Å². The number of carbonyl (C=O) groups excluding carboxylic acids is 1. The molecule has 0 radical (unpaired) electrons. The summed E-state index contributed by atoms with van der Waals surface area (Å²) in [7, 11) is 0. The van der Waals surface area contributed by atoms with Crippen LogP contribution in [-0.2, 0) is 6.18 Å². The number of nitrogens with zero attached hydrogens (tertiary/aromatic N) is 1. The highest BCUT2D eigenvalue weighted by Crippen LogP contribution is 2.33. The van der Waals surface area contributed by atoms with Gasteiger partial charge in [-0.3, -0.25) is 9.78 Å². The van der Waals surface area contributed by atoms with Crippen molar-refractivity contribution in [2.75, 3.05) is 0 Å². The van der Waals surface area contributed by atoms with Crippen LogP contribution in [0.5, 0.6) is 11.5 Å². The van der Waals surface area contributed by atoms with Crippen LogP contribution in [0.2, 0.25) is 0 Å². The number of alkyl halides is 3. The van der Waals surface area contributed by atoms with Crippen molar-refractivity contribution in [3.63, 3.8) is 0 Å². The van der Waals surface area contributed by atoms with E-state index in [0.717, 1.165) is 18.3 Å². The van der Waals surface area contributed by atoms with Gasteiger partial charge in [-0.05, 0) is 18.2 Å². The van der Waals surface area contributed by atoms with Crippen molar-refractivity contribution in [1.82, 2.24) is 4.98 Å². The number of hydrogen-bond donors (Lipinski definition) is 0. The zero-order valence-corrected chi connectivity index (χ0v) is 10.1. The maximum absolute atomic E-state index is 13.6. The Labute approximate surface area is 115 Å². The monoisotopic (exact) mass is 303 g/mol. The van der Waals surface area contributed by atoms with Gasteiger partial charge in [-0.25, -0.2) is 4.39 Å². The molecule has 0 unspecified atom stereocenters. The Hall–Kier alpha value is -2.51. The van der Waals surface area contributed by atoms with Crippen molar-refractivity contribution >= 4 is 6.29 Å². The van der Waals surface area contributed by atoms with E-state index in [1.54, 1.807) is 0 Å². The summed E-state index contributed by atoms with van der Waals surface area (Å²) in [5.74, 6) is -3.99. The summed E-state index contributed by atoms with van der Waals surface area (Å²) < 4.78 is 69.2. The normalized spacial score (nSPS) is 11.3. The van der Waals surface area contributed by atoms with Crippen LogP contribution >= 0.6 is 0 Å². The first-order valence-electron chi connectivity index (χ1n) is 5.46. The molecule has 0 fully saturated rings. The van der Waals surface area contributed by atoms with Gasteiger partial charge in [0, 0.05) is 6.20 Å². The highest BCUT2D eigenvalue weighted by molar-refractivity contribution is 5.75. The van der Waals surface area contributed by atoms with Crippen molar-refractivity contribution in [2.24, 2.45) is 0 Å². The van der Waals surface area contributed by atoms with Crippen molar-refractivity contribution in [3.8, 4) is 11.5 Å². The first-order valence-corrected chi connectivity index (χ1v) is 5.46.